The number of piperazine rings is 1. The summed E-state index contributed by atoms with van der Waals surface area (Å²) in [5.41, 5.74) is 5.66. The van der Waals surface area contributed by atoms with Gasteiger partial charge in [-0.3, -0.25) is 4.79 Å². The Morgan fingerprint density at radius 2 is 1.77 bits per heavy atom. The molecular formula is C36H38Cl4N4O3. The highest BCUT2D eigenvalue weighted by Crippen LogP contribution is 2.40. The molecule has 3 aliphatic heterocycles. The number of amides is 1. The fourth-order valence-corrected chi connectivity index (χ4v) is 8.01. The molecule has 0 radical (unpaired) electrons. The minimum atomic E-state index is -0.666. The standard InChI is InChI=1S/C36H38Cl4N4O3/c1-20(45)23-13-30(38)35(31(39)14-23)47-27-11-12-43(19-27)25-7-5-21(6-8-25)28-15-24-16-41-17-32(42-24)33(28)36(46)44(26-9-10-26)18-22-3-2-4-29(37)34(22)40/h2-8,13-14,20,24,26-27,32,41-42,45H,9-12,15-19H2,1H3/t20-,24-,27-,32-/m0/s1. The molecule has 1 amide bonds. The fourth-order valence-electron chi connectivity index (χ4n) is 7.03. The van der Waals surface area contributed by atoms with Gasteiger partial charge in [0, 0.05) is 55.9 Å². The maximum Gasteiger partial charge on any atom is 0.252 e. The number of nitrogens with one attached hydrogen (secondary N) is 2. The number of carbonyl (C=O) groups excluding carboxylic acids is 1. The van der Waals surface area contributed by atoms with Crippen LogP contribution in [0.15, 0.2) is 60.2 Å². The van der Waals surface area contributed by atoms with Gasteiger partial charge in [0.1, 0.15) is 6.10 Å². The van der Waals surface area contributed by atoms with Crippen molar-refractivity contribution in [3.63, 3.8) is 0 Å². The molecule has 248 valence electrons. The first kappa shape index (κ1) is 33.0. The van der Waals surface area contributed by atoms with Gasteiger partial charge in [-0.2, -0.15) is 0 Å². The topological polar surface area (TPSA) is 77.1 Å². The summed E-state index contributed by atoms with van der Waals surface area (Å²) in [4.78, 5) is 18.8. The minimum Gasteiger partial charge on any atom is -0.485 e. The van der Waals surface area contributed by atoms with Gasteiger partial charge in [0.2, 0.25) is 0 Å². The lowest BCUT2D eigenvalue weighted by Gasteiger charge is -2.41. The lowest BCUT2D eigenvalue weighted by molar-refractivity contribution is -0.128. The number of hydrogen-bond acceptors (Lipinski definition) is 6. The number of halogens is 4. The summed E-state index contributed by atoms with van der Waals surface area (Å²) < 4.78 is 6.26. The highest BCUT2D eigenvalue weighted by molar-refractivity contribution is 6.42. The molecule has 3 aromatic carbocycles. The number of nitrogens with zero attached hydrogens (tertiary/aromatic N) is 2. The summed E-state index contributed by atoms with van der Waals surface area (Å²) in [6.07, 6.45) is 2.84. The van der Waals surface area contributed by atoms with Gasteiger partial charge in [-0.25, -0.2) is 0 Å². The summed E-state index contributed by atoms with van der Waals surface area (Å²) in [5, 5.41) is 18.9. The highest BCUT2D eigenvalue weighted by Gasteiger charge is 2.41. The zero-order valence-electron chi connectivity index (χ0n) is 26.1. The van der Waals surface area contributed by atoms with Crippen LogP contribution in [0.25, 0.3) is 5.57 Å². The van der Waals surface area contributed by atoms with Gasteiger partial charge in [-0.05, 0) is 78.8 Å². The smallest absolute Gasteiger partial charge is 0.252 e. The first-order chi connectivity index (χ1) is 22.7. The third-order valence-electron chi connectivity index (χ3n) is 9.66. The number of fused-ring (bicyclic) bond motifs is 2. The summed E-state index contributed by atoms with van der Waals surface area (Å²) >= 11 is 25.9. The van der Waals surface area contributed by atoms with Crippen LogP contribution in [0, 0.1) is 0 Å². The van der Waals surface area contributed by atoms with Gasteiger partial charge in [0.15, 0.2) is 5.75 Å². The van der Waals surface area contributed by atoms with Crippen molar-refractivity contribution in [2.24, 2.45) is 0 Å². The molecule has 3 fully saturated rings. The molecule has 2 bridgehead atoms. The van der Waals surface area contributed by atoms with Crippen LogP contribution in [0.3, 0.4) is 0 Å². The lowest BCUT2D eigenvalue weighted by atomic mass is 9.83. The maximum absolute atomic E-state index is 14.5. The van der Waals surface area contributed by atoms with Gasteiger partial charge in [0.25, 0.3) is 5.91 Å². The van der Waals surface area contributed by atoms with Gasteiger partial charge in [-0.15, -0.1) is 0 Å². The maximum atomic E-state index is 14.5. The van der Waals surface area contributed by atoms with Crippen LogP contribution in [-0.4, -0.2) is 66.3 Å². The third kappa shape index (κ3) is 7.00. The normalized spacial score (nSPS) is 23.2. The average molecular weight is 717 g/mol. The van der Waals surface area contributed by atoms with E-state index in [1.807, 2.05) is 17.0 Å². The van der Waals surface area contributed by atoms with Gasteiger partial charge >= 0.3 is 0 Å². The summed E-state index contributed by atoms with van der Waals surface area (Å²) in [7, 11) is 0. The Balaban J connectivity index is 1.11. The van der Waals surface area contributed by atoms with Crippen molar-refractivity contribution in [1.82, 2.24) is 15.5 Å². The predicted molar refractivity (Wildman–Crippen MR) is 190 cm³/mol. The highest BCUT2D eigenvalue weighted by atomic mass is 35.5. The molecule has 2 saturated heterocycles. The quantitative estimate of drug-likeness (QED) is 0.216. The number of hydrogen-bond donors (Lipinski definition) is 3. The Hall–Kier alpha value is -2.49. The number of aliphatic hydroxyl groups excluding tert-OH is 1. The van der Waals surface area contributed by atoms with Crippen LogP contribution in [0.2, 0.25) is 20.1 Å². The Labute approximate surface area is 295 Å². The third-order valence-corrected chi connectivity index (χ3v) is 11.1. The molecule has 47 heavy (non-hydrogen) atoms. The Morgan fingerprint density at radius 1 is 1.02 bits per heavy atom. The molecule has 3 heterocycles. The van der Waals surface area contributed by atoms with E-state index in [9.17, 15) is 9.90 Å². The van der Waals surface area contributed by atoms with Crippen molar-refractivity contribution in [3.05, 3.63) is 97.0 Å². The largest absolute Gasteiger partial charge is 0.485 e. The number of carbonyl (C=O) groups is 1. The molecular weight excluding hydrogens is 678 g/mol. The molecule has 4 atom stereocenters. The van der Waals surface area contributed by atoms with Gasteiger partial charge in [-0.1, -0.05) is 70.7 Å². The molecule has 1 aliphatic carbocycles. The van der Waals surface area contributed by atoms with E-state index < -0.39 is 6.10 Å². The molecule has 0 aromatic heterocycles. The zero-order chi connectivity index (χ0) is 32.8. The van der Waals surface area contributed by atoms with Crippen molar-refractivity contribution in [3.8, 4) is 5.75 Å². The second-order valence-electron chi connectivity index (χ2n) is 13.1. The lowest BCUT2D eigenvalue weighted by Crippen LogP contribution is -2.60. The summed E-state index contributed by atoms with van der Waals surface area (Å²) in [6, 6.07) is 18.0. The predicted octanol–water partition coefficient (Wildman–Crippen LogP) is 7.29. The minimum absolute atomic E-state index is 0.0643. The van der Waals surface area contributed by atoms with Crippen molar-refractivity contribution in [2.75, 3.05) is 31.1 Å². The number of aliphatic hydroxyl groups is 1. The first-order valence-electron chi connectivity index (χ1n) is 16.3. The second-order valence-corrected chi connectivity index (χ2v) is 14.7. The molecule has 0 spiro atoms. The summed E-state index contributed by atoms with van der Waals surface area (Å²) in [6.45, 7) is 5.21. The second kappa shape index (κ2) is 13.8. The SMILES string of the molecule is C[C@H](O)c1cc(Cl)c(O[C@H]2CCN(c3ccc(C4=C(C(=O)N(Cc5cccc(Cl)c5Cl)C5CC5)[C@@H]5CNC[C@H](C4)N5)cc3)C2)c(Cl)c1. The Morgan fingerprint density at radius 3 is 2.47 bits per heavy atom. The molecule has 7 nitrogen and oxygen atoms in total. The van der Waals surface area contributed by atoms with Crippen molar-refractivity contribution >= 4 is 63.6 Å². The number of rotatable bonds is 9. The van der Waals surface area contributed by atoms with E-state index in [1.165, 1.54) is 0 Å². The molecule has 3 aromatic rings. The Bertz CT molecular complexity index is 1670. The number of anilines is 1. The van der Waals surface area contributed by atoms with Gasteiger partial charge < -0.3 is 30.3 Å². The van der Waals surface area contributed by atoms with E-state index in [0.29, 0.717) is 51.0 Å². The van der Waals surface area contributed by atoms with Crippen LogP contribution in [0.1, 0.15) is 55.4 Å². The van der Waals surface area contributed by atoms with Crippen LogP contribution in [-0.2, 0) is 11.3 Å². The van der Waals surface area contributed by atoms with E-state index in [-0.39, 0.29) is 30.1 Å². The molecule has 0 unspecified atom stereocenters. The van der Waals surface area contributed by atoms with Crippen molar-refractivity contribution in [1.29, 1.82) is 0 Å². The number of ether oxygens (including phenoxy) is 1. The Kier molecular flexibility index (Phi) is 9.69. The van der Waals surface area contributed by atoms with Gasteiger partial charge in [0.05, 0.1) is 38.8 Å². The summed E-state index contributed by atoms with van der Waals surface area (Å²) in [5.74, 6) is 0.522. The van der Waals surface area contributed by atoms with E-state index in [1.54, 1.807) is 25.1 Å². The van der Waals surface area contributed by atoms with Crippen LogP contribution in [0.4, 0.5) is 5.69 Å². The molecule has 3 N–H and O–H groups in total. The van der Waals surface area contributed by atoms with E-state index in [2.05, 4.69) is 39.8 Å². The molecule has 4 aliphatic rings. The van der Waals surface area contributed by atoms with Crippen LogP contribution < -0.4 is 20.3 Å². The van der Waals surface area contributed by atoms with Crippen LogP contribution >= 0.6 is 46.4 Å². The first-order valence-corrected chi connectivity index (χ1v) is 17.8. The molecule has 11 heteroatoms. The number of benzene rings is 3. The van der Waals surface area contributed by atoms with E-state index >= 15 is 0 Å². The average Bonchev–Trinajstić information content (AvgIpc) is 3.79. The van der Waals surface area contributed by atoms with Crippen molar-refractivity contribution in [2.45, 2.75) is 69.5 Å². The zero-order valence-corrected chi connectivity index (χ0v) is 29.1. The monoisotopic (exact) mass is 714 g/mol. The molecule has 7 rings (SSSR count). The fraction of sp³-hybridized carbons (Fsp3) is 0.417. The van der Waals surface area contributed by atoms with Crippen LogP contribution in [0.5, 0.6) is 5.75 Å². The molecule has 1 saturated carbocycles. The van der Waals surface area contributed by atoms with E-state index in [4.69, 9.17) is 51.1 Å². The van der Waals surface area contributed by atoms with Crippen molar-refractivity contribution < 1.29 is 14.6 Å². The van der Waals surface area contributed by atoms with E-state index in [0.717, 1.165) is 66.7 Å².